The molecule has 0 aromatic carbocycles. The first-order chi connectivity index (χ1) is 9.93. The Kier molecular flexibility index (Phi) is 4.37. The third-order valence-electron chi connectivity index (χ3n) is 3.29. The lowest BCUT2D eigenvalue weighted by molar-refractivity contribution is -0.385. The molecule has 1 amide bonds. The van der Waals surface area contributed by atoms with Gasteiger partial charge in [-0.25, -0.2) is 4.98 Å². The molecule has 1 aromatic rings. The Balaban J connectivity index is 2.23. The highest BCUT2D eigenvalue weighted by Gasteiger charge is 2.34. The summed E-state index contributed by atoms with van der Waals surface area (Å²) < 4.78 is 4.63. The van der Waals surface area contributed by atoms with Crippen molar-refractivity contribution in [3.8, 4) is 0 Å². The largest absolute Gasteiger partial charge is 0.469 e. The number of hydrogen-bond donors (Lipinski definition) is 0. The first-order valence-corrected chi connectivity index (χ1v) is 6.49. The molecule has 1 aliphatic heterocycles. The molecule has 112 valence electrons. The fourth-order valence-corrected chi connectivity index (χ4v) is 2.37. The van der Waals surface area contributed by atoms with Crippen molar-refractivity contribution in [1.29, 1.82) is 0 Å². The molecule has 1 saturated heterocycles. The molecule has 21 heavy (non-hydrogen) atoms. The number of carbonyl (C=O) groups is 2. The highest BCUT2D eigenvalue weighted by molar-refractivity contribution is 6.29. The zero-order valence-corrected chi connectivity index (χ0v) is 11.9. The molecule has 2 rings (SSSR count). The molecule has 1 aromatic heterocycles. The van der Waals surface area contributed by atoms with Gasteiger partial charge in [0.05, 0.1) is 18.0 Å². The predicted molar refractivity (Wildman–Crippen MR) is 71.9 cm³/mol. The summed E-state index contributed by atoms with van der Waals surface area (Å²) in [7, 11) is 1.28. The lowest BCUT2D eigenvalue weighted by Gasteiger charge is -2.16. The van der Waals surface area contributed by atoms with Gasteiger partial charge in [-0.2, -0.15) is 0 Å². The molecular formula is C12H12ClN3O5. The lowest BCUT2D eigenvalue weighted by Crippen LogP contribution is -2.30. The van der Waals surface area contributed by atoms with E-state index in [9.17, 15) is 19.7 Å². The maximum absolute atomic E-state index is 12.4. The minimum Gasteiger partial charge on any atom is -0.469 e. The number of ether oxygens (including phenoxy) is 1. The molecule has 1 atom stereocenters. The van der Waals surface area contributed by atoms with Crippen LogP contribution in [0.4, 0.5) is 5.69 Å². The number of methoxy groups -OCH3 is 1. The molecular weight excluding hydrogens is 302 g/mol. The number of nitrogens with zero attached hydrogens (tertiary/aromatic N) is 3. The zero-order valence-electron chi connectivity index (χ0n) is 11.1. The number of amides is 1. The van der Waals surface area contributed by atoms with E-state index in [1.807, 2.05) is 0 Å². The Bertz CT molecular complexity index is 607. The van der Waals surface area contributed by atoms with Crippen molar-refractivity contribution in [2.45, 2.75) is 6.42 Å². The summed E-state index contributed by atoms with van der Waals surface area (Å²) in [6.45, 7) is 0.498. The first-order valence-electron chi connectivity index (χ1n) is 6.11. The van der Waals surface area contributed by atoms with E-state index < -0.39 is 28.4 Å². The van der Waals surface area contributed by atoms with Crippen molar-refractivity contribution in [2.75, 3.05) is 20.2 Å². The monoisotopic (exact) mass is 313 g/mol. The van der Waals surface area contributed by atoms with E-state index in [2.05, 4.69) is 9.72 Å². The Labute approximate surface area is 124 Å². The SMILES string of the molecule is COC(=O)C1CCN(C(=O)c2cc(Cl)ncc2[N+](=O)[O-])C1. The highest BCUT2D eigenvalue weighted by Crippen LogP contribution is 2.25. The van der Waals surface area contributed by atoms with Crippen LogP contribution >= 0.6 is 11.6 Å². The maximum Gasteiger partial charge on any atom is 0.310 e. The van der Waals surface area contributed by atoms with Gasteiger partial charge in [-0.1, -0.05) is 11.6 Å². The standard InChI is InChI=1S/C12H12ClN3O5/c1-21-12(18)7-2-3-15(6-7)11(17)8-4-10(13)14-5-9(8)16(19)20/h4-5,7H,2-3,6H2,1H3. The molecule has 9 heteroatoms. The third kappa shape index (κ3) is 3.10. The van der Waals surface area contributed by atoms with Gasteiger partial charge in [-0.05, 0) is 12.5 Å². The van der Waals surface area contributed by atoms with Crippen molar-refractivity contribution >= 4 is 29.2 Å². The minimum atomic E-state index is -0.690. The molecule has 0 radical (unpaired) electrons. The first kappa shape index (κ1) is 15.2. The second kappa shape index (κ2) is 6.04. The number of esters is 1. The fraction of sp³-hybridized carbons (Fsp3) is 0.417. The summed E-state index contributed by atoms with van der Waals surface area (Å²) in [5, 5.41) is 10.9. The molecule has 2 heterocycles. The molecule has 8 nitrogen and oxygen atoms in total. The van der Waals surface area contributed by atoms with Crippen molar-refractivity contribution in [3.05, 3.63) is 33.1 Å². The predicted octanol–water partition coefficient (Wildman–Crippen LogP) is 1.28. The van der Waals surface area contributed by atoms with Gasteiger partial charge in [0.1, 0.15) is 16.9 Å². The van der Waals surface area contributed by atoms with Crippen LogP contribution in [-0.4, -0.2) is 46.9 Å². The number of hydrogen-bond acceptors (Lipinski definition) is 6. The van der Waals surface area contributed by atoms with Crippen molar-refractivity contribution in [3.63, 3.8) is 0 Å². The van der Waals surface area contributed by atoms with Gasteiger partial charge in [-0.3, -0.25) is 19.7 Å². The number of nitro groups is 1. The zero-order chi connectivity index (χ0) is 15.6. The van der Waals surface area contributed by atoms with Crippen LogP contribution in [0.2, 0.25) is 5.15 Å². The summed E-state index contributed by atoms with van der Waals surface area (Å²) in [5.74, 6) is -1.35. The molecule has 0 bridgehead atoms. The van der Waals surface area contributed by atoms with Crippen molar-refractivity contribution in [1.82, 2.24) is 9.88 Å². The van der Waals surface area contributed by atoms with Crippen LogP contribution in [0.3, 0.4) is 0 Å². The van der Waals surface area contributed by atoms with Crippen LogP contribution in [0.5, 0.6) is 0 Å². The smallest absolute Gasteiger partial charge is 0.310 e. The van der Waals surface area contributed by atoms with E-state index in [0.29, 0.717) is 13.0 Å². The van der Waals surface area contributed by atoms with E-state index in [1.165, 1.54) is 12.0 Å². The van der Waals surface area contributed by atoms with Crippen LogP contribution < -0.4 is 0 Å². The molecule has 1 aliphatic rings. The maximum atomic E-state index is 12.4. The highest BCUT2D eigenvalue weighted by atomic mass is 35.5. The summed E-state index contributed by atoms with van der Waals surface area (Å²) in [4.78, 5) is 39.1. The van der Waals surface area contributed by atoms with Gasteiger partial charge in [-0.15, -0.1) is 0 Å². The number of aromatic nitrogens is 1. The quantitative estimate of drug-likeness (QED) is 0.360. The van der Waals surface area contributed by atoms with Gasteiger partial charge in [0.25, 0.3) is 11.6 Å². The van der Waals surface area contributed by atoms with E-state index >= 15 is 0 Å². The van der Waals surface area contributed by atoms with Crippen LogP contribution in [0.1, 0.15) is 16.8 Å². The van der Waals surface area contributed by atoms with Gasteiger partial charge >= 0.3 is 5.97 Å². The Hall–Kier alpha value is -2.22. The van der Waals surface area contributed by atoms with Crippen LogP contribution in [-0.2, 0) is 9.53 Å². The van der Waals surface area contributed by atoms with E-state index in [0.717, 1.165) is 12.3 Å². The third-order valence-corrected chi connectivity index (χ3v) is 3.49. The fourth-order valence-electron chi connectivity index (χ4n) is 2.21. The Morgan fingerprint density at radius 2 is 2.29 bits per heavy atom. The van der Waals surface area contributed by atoms with Crippen LogP contribution in [0.15, 0.2) is 12.3 Å². The van der Waals surface area contributed by atoms with E-state index in [1.54, 1.807) is 0 Å². The van der Waals surface area contributed by atoms with Crippen LogP contribution in [0, 0.1) is 16.0 Å². The summed E-state index contributed by atoms with van der Waals surface area (Å²) in [6.07, 6.45) is 1.41. The summed E-state index contributed by atoms with van der Waals surface area (Å²) in [6, 6.07) is 1.16. The van der Waals surface area contributed by atoms with Gasteiger partial charge < -0.3 is 9.64 Å². The van der Waals surface area contributed by atoms with Crippen molar-refractivity contribution < 1.29 is 19.2 Å². The van der Waals surface area contributed by atoms with Gasteiger partial charge in [0, 0.05) is 13.1 Å². The number of carbonyl (C=O) groups excluding carboxylic acids is 2. The molecule has 0 spiro atoms. The topological polar surface area (TPSA) is 103 Å². The van der Waals surface area contributed by atoms with E-state index in [-0.39, 0.29) is 17.3 Å². The Morgan fingerprint density at radius 1 is 1.57 bits per heavy atom. The average Bonchev–Trinajstić information content (AvgIpc) is 2.95. The molecule has 1 unspecified atom stereocenters. The molecule has 0 N–H and O–H groups in total. The number of pyridine rings is 1. The Morgan fingerprint density at radius 3 is 2.90 bits per heavy atom. The average molecular weight is 314 g/mol. The number of halogens is 1. The number of rotatable bonds is 3. The summed E-state index contributed by atoms with van der Waals surface area (Å²) in [5.41, 5.74) is -0.545. The summed E-state index contributed by atoms with van der Waals surface area (Å²) >= 11 is 5.70. The molecule has 1 fully saturated rings. The van der Waals surface area contributed by atoms with Crippen LogP contribution in [0.25, 0.3) is 0 Å². The van der Waals surface area contributed by atoms with E-state index in [4.69, 9.17) is 11.6 Å². The minimum absolute atomic E-state index is 0.00679. The normalized spacial score (nSPS) is 17.6. The second-order valence-electron chi connectivity index (χ2n) is 4.54. The van der Waals surface area contributed by atoms with Gasteiger partial charge in [0.2, 0.25) is 0 Å². The molecule has 0 aliphatic carbocycles. The number of likely N-dealkylation sites (tertiary alicyclic amines) is 1. The second-order valence-corrected chi connectivity index (χ2v) is 4.93. The molecule has 0 saturated carbocycles. The van der Waals surface area contributed by atoms with Gasteiger partial charge in [0.15, 0.2) is 0 Å². The lowest BCUT2D eigenvalue weighted by atomic mass is 10.1. The van der Waals surface area contributed by atoms with Crippen molar-refractivity contribution in [2.24, 2.45) is 5.92 Å².